The highest BCUT2D eigenvalue weighted by Gasteiger charge is 2.04. The van der Waals surface area contributed by atoms with Crippen LogP contribution in [0.3, 0.4) is 0 Å². The molecule has 0 unspecified atom stereocenters. The van der Waals surface area contributed by atoms with Crippen molar-refractivity contribution >= 4 is 34.7 Å². The maximum atomic E-state index is 5.92. The van der Waals surface area contributed by atoms with Gasteiger partial charge in [0.05, 0.1) is 5.16 Å². The van der Waals surface area contributed by atoms with Crippen molar-refractivity contribution in [1.29, 1.82) is 0 Å². The molecule has 0 aliphatic heterocycles. The van der Waals surface area contributed by atoms with Crippen molar-refractivity contribution in [2.75, 3.05) is 0 Å². The Morgan fingerprint density at radius 1 is 1.12 bits per heavy atom. The van der Waals surface area contributed by atoms with E-state index in [-0.39, 0.29) is 0 Å². The molecule has 2 nitrogen and oxygen atoms in total. The van der Waals surface area contributed by atoms with Gasteiger partial charge < -0.3 is 4.74 Å². The lowest BCUT2D eigenvalue weighted by Crippen LogP contribution is -1.84. The molecule has 0 atom stereocenters. The summed E-state index contributed by atoms with van der Waals surface area (Å²) >= 11 is 10.5. The van der Waals surface area contributed by atoms with Gasteiger partial charge in [-0.2, -0.15) is 4.99 Å². The molecule has 17 heavy (non-hydrogen) atoms. The van der Waals surface area contributed by atoms with E-state index in [1.807, 2.05) is 30.3 Å². The maximum Gasteiger partial charge on any atom is 0.155 e. The topological polar surface area (TPSA) is 21.6 Å². The summed E-state index contributed by atoms with van der Waals surface area (Å²) < 4.78 is 5.68. The number of hydrogen-bond acceptors (Lipinski definition) is 3. The Kier molecular flexibility index (Phi) is 3.89. The second-order valence-electron chi connectivity index (χ2n) is 3.23. The van der Waals surface area contributed by atoms with Crippen LogP contribution in [0.15, 0.2) is 53.5 Å². The molecule has 0 heterocycles. The Balaban J connectivity index is 2.37. The van der Waals surface area contributed by atoms with Crippen LogP contribution in [0.2, 0.25) is 5.02 Å². The number of benzene rings is 2. The first kappa shape index (κ1) is 11.8. The van der Waals surface area contributed by atoms with Gasteiger partial charge in [-0.25, -0.2) is 0 Å². The predicted molar refractivity (Wildman–Crippen MR) is 72.7 cm³/mol. The minimum absolute atomic E-state index is 0.557. The molecule has 2 rings (SSSR count). The van der Waals surface area contributed by atoms with Crippen LogP contribution in [0.25, 0.3) is 0 Å². The normalized spacial score (nSPS) is 9.47. The molecular weight excluding hydrogens is 254 g/mol. The van der Waals surface area contributed by atoms with Crippen LogP contribution in [-0.2, 0) is 0 Å². The van der Waals surface area contributed by atoms with Crippen molar-refractivity contribution in [3.05, 3.63) is 53.6 Å². The van der Waals surface area contributed by atoms with Gasteiger partial charge in [0.2, 0.25) is 0 Å². The van der Waals surface area contributed by atoms with Gasteiger partial charge in [0, 0.05) is 11.1 Å². The van der Waals surface area contributed by atoms with Crippen LogP contribution < -0.4 is 4.74 Å². The van der Waals surface area contributed by atoms with Crippen LogP contribution in [0.5, 0.6) is 11.5 Å². The average molecular weight is 262 g/mol. The zero-order valence-electron chi connectivity index (χ0n) is 8.76. The first-order valence-corrected chi connectivity index (χ1v) is 5.68. The molecule has 0 aromatic heterocycles. The van der Waals surface area contributed by atoms with Crippen molar-refractivity contribution in [1.82, 2.24) is 0 Å². The second-order valence-corrected chi connectivity index (χ2v) is 3.85. The van der Waals surface area contributed by atoms with E-state index in [2.05, 4.69) is 22.4 Å². The molecule has 0 radical (unpaired) electrons. The number of para-hydroxylation sites is 1. The summed E-state index contributed by atoms with van der Waals surface area (Å²) in [6.07, 6.45) is 0. The number of nitrogens with zero attached hydrogens (tertiary/aromatic N) is 1. The van der Waals surface area contributed by atoms with Crippen molar-refractivity contribution in [2.45, 2.75) is 0 Å². The number of ether oxygens (including phenoxy) is 1. The quantitative estimate of drug-likeness (QED) is 0.581. The lowest BCUT2D eigenvalue weighted by atomic mass is 10.3. The fourth-order valence-corrected chi connectivity index (χ4v) is 1.59. The minimum atomic E-state index is 0.557. The summed E-state index contributed by atoms with van der Waals surface area (Å²) in [4.78, 5) is 3.93. The summed E-state index contributed by atoms with van der Waals surface area (Å²) in [6, 6.07) is 14.6. The second kappa shape index (κ2) is 5.60. The van der Waals surface area contributed by atoms with Crippen molar-refractivity contribution in [3.63, 3.8) is 0 Å². The van der Waals surface area contributed by atoms with Crippen LogP contribution in [0.1, 0.15) is 0 Å². The van der Waals surface area contributed by atoms with Crippen molar-refractivity contribution in [3.8, 4) is 11.5 Å². The molecule has 0 saturated heterocycles. The number of isothiocyanates is 1. The van der Waals surface area contributed by atoms with Crippen LogP contribution >= 0.6 is 23.8 Å². The SMILES string of the molecule is S=C=Nc1ccc(Cl)cc1Oc1ccccc1. The molecule has 0 N–H and O–H groups in total. The first-order chi connectivity index (χ1) is 8.29. The third-order valence-electron chi connectivity index (χ3n) is 2.06. The zero-order valence-corrected chi connectivity index (χ0v) is 10.3. The number of halogens is 1. The maximum absolute atomic E-state index is 5.92. The van der Waals surface area contributed by atoms with E-state index in [9.17, 15) is 0 Å². The van der Waals surface area contributed by atoms with Crippen LogP contribution in [0.4, 0.5) is 5.69 Å². The van der Waals surface area contributed by atoms with Crippen LogP contribution in [0, 0.1) is 0 Å². The van der Waals surface area contributed by atoms with Crippen LogP contribution in [-0.4, -0.2) is 5.16 Å². The fourth-order valence-electron chi connectivity index (χ4n) is 1.33. The third kappa shape index (κ3) is 3.14. The Labute approximate surface area is 110 Å². The van der Waals surface area contributed by atoms with E-state index in [4.69, 9.17) is 16.3 Å². The van der Waals surface area contributed by atoms with Gasteiger partial charge in [-0.3, -0.25) is 0 Å². The van der Waals surface area contributed by atoms with Gasteiger partial charge >= 0.3 is 0 Å². The van der Waals surface area contributed by atoms with Crippen molar-refractivity contribution in [2.24, 2.45) is 4.99 Å². The Morgan fingerprint density at radius 3 is 2.59 bits per heavy atom. The predicted octanol–water partition coefficient (Wildman–Crippen LogP) is 4.87. The van der Waals surface area contributed by atoms with E-state index < -0.39 is 0 Å². The molecule has 0 fully saturated rings. The third-order valence-corrected chi connectivity index (χ3v) is 2.39. The standard InChI is InChI=1S/C13H8ClNOS/c14-10-6-7-12(15-9-17)13(8-10)16-11-4-2-1-3-5-11/h1-8H. The molecule has 0 spiro atoms. The van der Waals surface area contributed by atoms with E-state index in [0.29, 0.717) is 16.5 Å². The van der Waals surface area contributed by atoms with Gasteiger partial charge in [0.1, 0.15) is 11.4 Å². The lowest BCUT2D eigenvalue weighted by molar-refractivity contribution is 0.484. The fraction of sp³-hybridized carbons (Fsp3) is 0. The summed E-state index contributed by atoms with van der Waals surface area (Å²) in [7, 11) is 0. The number of rotatable bonds is 3. The highest BCUT2D eigenvalue weighted by molar-refractivity contribution is 7.78. The lowest BCUT2D eigenvalue weighted by Gasteiger charge is -2.07. The molecule has 0 aliphatic carbocycles. The number of hydrogen-bond donors (Lipinski definition) is 0. The molecular formula is C13H8ClNOS. The van der Waals surface area contributed by atoms with E-state index in [1.165, 1.54) is 0 Å². The largest absolute Gasteiger partial charge is 0.455 e. The molecule has 0 saturated carbocycles. The van der Waals surface area contributed by atoms with Gasteiger partial charge in [-0.15, -0.1) is 0 Å². The molecule has 0 bridgehead atoms. The van der Waals surface area contributed by atoms with Crippen molar-refractivity contribution < 1.29 is 4.74 Å². The Morgan fingerprint density at radius 2 is 1.88 bits per heavy atom. The summed E-state index contributed by atoms with van der Waals surface area (Å²) in [6.45, 7) is 0. The average Bonchev–Trinajstić information content (AvgIpc) is 2.34. The number of thiocarbonyl (C=S) groups is 1. The Bertz CT molecular complexity index is 565. The smallest absolute Gasteiger partial charge is 0.155 e. The molecule has 0 aliphatic rings. The number of aliphatic imine (C=N–C) groups is 1. The van der Waals surface area contributed by atoms with Gasteiger partial charge in [-0.1, -0.05) is 29.8 Å². The van der Waals surface area contributed by atoms with Gasteiger partial charge in [-0.05, 0) is 36.5 Å². The molecule has 2 aromatic rings. The highest BCUT2D eigenvalue weighted by atomic mass is 35.5. The summed E-state index contributed by atoms with van der Waals surface area (Å²) in [5.41, 5.74) is 0.605. The molecule has 84 valence electrons. The monoisotopic (exact) mass is 261 g/mol. The van der Waals surface area contributed by atoms with E-state index in [1.54, 1.807) is 18.2 Å². The summed E-state index contributed by atoms with van der Waals surface area (Å²) in [5.74, 6) is 1.27. The zero-order chi connectivity index (χ0) is 12.1. The molecule has 2 aromatic carbocycles. The first-order valence-electron chi connectivity index (χ1n) is 4.90. The Hall–Kier alpha value is -1.67. The summed E-state index contributed by atoms with van der Waals surface area (Å²) in [5, 5.41) is 2.90. The molecule has 0 amide bonds. The van der Waals surface area contributed by atoms with Gasteiger partial charge in [0.25, 0.3) is 0 Å². The van der Waals surface area contributed by atoms with E-state index >= 15 is 0 Å². The van der Waals surface area contributed by atoms with E-state index in [0.717, 1.165) is 5.75 Å². The van der Waals surface area contributed by atoms with Gasteiger partial charge in [0.15, 0.2) is 5.75 Å². The minimum Gasteiger partial charge on any atom is -0.455 e. The molecule has 4 heteroatoms. The highest BCUT2D eigenvalue weighted by Crippen LogP contribution is 2.33.